The normalized spacial score (nSPS) is 19.1. The Morgan fingerprint density at radius 2 is 2.21 bits per heavy atom. The average molecular weight is 275 g/mol. The zero-order valence-corrected chi connectivity index (χ0v) is 12.7. The molecule has 0 radical (unpaired) electrons. The maximum atomic E-state index is 3.78. The number of fused-ring (bicyclic) bond motifs is 1. The van der Waals surface area contributed by atoms with Crippen LogP contribution in [0.4, 0.5) is 0 Å². The molecule has 104 valence electrons. The fourth-order valence-corrected chi connectivity index (χ4v) is 4.23. The second-order valence-corrected chi connectivity index (χ2v) is 6.34. The van der Waals surface area contributed by atoms with E-state index in [1.807, 2.05) is 17.8 Å². The molecule has 0 amide bonds. The van der Waals surface area contributed by atoms with Gasteiger partial charge < -0.3 is 5.32 Å². The standard InChI is InChI=1S/C17H25NS/c1-3-4-5-6-7-11-16(18-2)15-13-19-17-12-9-8-10-14(15)17/h3,8-10,12,15-16,18H,1,4-7,11,13H2,2H3. The van der Waals surface area contributed by atoms with Crippen molar-refractivity contribution in [2.45, 2.75) is 49.0 Å². The van der Waals surface area contributed by atoms with E-state index in [1.165, 1.54) is 36.3 Å². The van der Waals surface area contributed by atoms with Crippen LogP contribution < -0.4 is 5.32 Å². The largest absolute Gasteiger partial charge is 0.316 e. The Bertz CT molecular complexity index is 402. The van der Waals surface area contributed by atoms with Gasteiger partial charge in [-0.15, -0.1) is 18.3 Å². The highest BCUT2D eigenvalue weighted by molar-refractivity contribution is 7.99. The smallest absolute Gasteiger partial charge is 0.0141 e. The van der Waals surface area contributed by atoms with Gasteiger partial charge in [-0.05, 0) is 37.9 Å². The zero-order valence-electron chi connectivity index (χ0n) is 11.9. The Morgan fingerprint density at radius 3 is 3.00 bits per heavy atom. The highest BCUT2D eigenvalue weighted by atomic mass is 32.2. The summed E-state index contributed by atoms with van der Waals surface area (Å²) in [6.45, 7) is 3.78. The topological polar surface area (TPSA) is 12.0 Å². The van der Waals surface area contributed by atoms with Gasteiger partial charge in [-0.2, -0.15) is 0 Å². The average Bonchev–Trinajstić information content (AvgIpc) is 2.87. The van der Waals surface area contributed by atoms with Gasteiger partial charge in [0.25, 0.3) is 0 Å². The number of likely N-dealkylation sites (N-methyl/N-ethyl adjacent to an activating group) is 1. The number of nitrogens with one attached hydrogen (secondary N) is 1. The number of hydrogen-bond donors (Lipinski definition) is 1. The highest BCUT2D eigenvalue weighted by Gasteiger charge is 2.28. The Kier molecular flexibility index (Phi) is 5.99. The van der Waals surface area contributed by atoms with E-state index in [0.717, 1.165) is 6.42 Å². The first-order valence-electron chi connectivity index (χ1n) is 7.36. The maximum absolute atomic E-state index is 3.78. The molecule has 1 heterocycles. The van der Waals surface area contributed by atoms with E-state index < -0.39 is 0 Å². The van der Waals surface area contributed by atoms with E-state index in [9.17, 15) is 0 Å². The first-order valence-corrected chi connectivity index (χ1v) is 8.35. The molecule has 1 N–H and O–H groups in total. The predicted octanol–water partition coefficient (Wildman–Crippen LogP) is 4.60. The van der Waals surface area contributed by atoms with Crippen LogP contribution in [0.15, 0.2) is 41.8 Å². The predicted molar refractivity (Wildman–Crippen MR) is 86.0 cm³/mol. The molecule has 0 saturated heterocycles. The fourth-order valence-electron chi connectivity index (χ4n) is 2.90. The Hall–Kier alpha value is -0.730. The summed E-state index contributed by atoms with van der Waals surface area (Å²) in [5.41, 5.74) is 1.55. The van der Waals surface area contributed by atoms with Crippen LogP contribution >= 0.6 is 11.8 Å². The van der Waals surface area contributed by atoms with E-state index in [-0.39, 0.29) is 0 Å². The summed E-state index contributed by atoms with van der Waals surface area (Å²) in [6.07, 6.45) is 8.41. The first-order chi connectivity index (χ1) is 9.36. The summed E-state index contributed by atoms with van der Waals surface area (Å²) in [5.74, 6) is 1.92. The van der Waals surface area contributed by atoms with Crippen molar-refractivity contribution in [3.05, 3.63) is 42.5 Å². The summed E-state index contributed by atoms with van der Waals surface area (Å²) < 4.78 is 0. The lowest BCUT2D eigenvalue weighted by molar-refractivity contribution is 0.439. The molecule has 0 bridgehead atoms. The van der Waals surface area contributed by atoms with Crippen molar-refractivity contribution in [3.63, 3.8) is 0 Å². The van der Waals surface area contributed by atoms with Crippen molar-refractivity contribution in [1.29, 1.82) is 0 Å². The summed E-state index contributed by atoms with van der Waals surface area (Å²) in [5, 5.41) is 3.54. The van der Waals surface area contributed by atoms with E-state index >= 15 is 0 Å². The van der Waals surface area contributed by atoms with Gasteiger partial charge in [0.1, 0.15) is 0 Å². The van der Waals surface area contributed by atoms with E-state index in [0.29, 0.717) is 12.0 Å². The van der Waals surface area contributed by atoms with Crippen molar-refractivity contribution in [3.8, 4) is 0 Å². The molecular formula is C17H25NS. The second-order valence-electron chi connectivity index (χ2n) is 5.28. The number of rotatable bonds is 8. The maximum Gasteiger partial charge on any atom is 0.0141 e. The van der Waals surface area contributed by atoms with Crippen molar-refractivity contribution in [2.24, 2.45) is 0 Å². The van der Waals surface area contributed by atoms with Gasteiger partial charge in [0.15, 0.2) is 0 Å². The molecule has 1 aromatic rings. The minimum Gasteiger partial charge on any atom is -0.316 e. The number of benzene rings is 1. The first kappa shape index (κ1) is 14.7. The monoisotopic (exact) mass is 275 g/mol. The number of hydrogen-bond acceptors (Lipinski definition) is 2. The summed E-state index contributed by atoms with van der Waals surface area (Å²) >= 11 is 2.01. The van der Waals surface area contributed by atoms with Crippen LogP contribution in [0.2, 0.25) is 0 Å². The van der Waals surface area contributed by atoms with E-state index in [4.69, 9.17) is 0 Å². The lowest BCUT2D eigenvalue weighted by atomic mass is 9.90. The fraction of sp³-hybridized carbons (Fsp3) is 0.529. The second kappa shape index (κ2) is 7.76. The lowest BCUT2D eigenvalue weighted by Crippen LogP contribution is -2.32. The van der Waals surface area contributed by atoms with Crippen LogP contribution in [-0.4, -0.2) is 18.8 Å². The molecule has 0 fully saturated rings. The molecule has 1 nitrogen and oxygen atoms in total. The van der Waals surface area contributed by atoms with Gasteiger partial charge >= 0.3 is 0 Å². The van der Waals surface area contributed by atoms with E-state index in [1.54, 1.807) is 5.56 Å². The van der Waals surface area contributed by atoms with Crippen LogP contribution in [0.5, 0.6) is 0 Å². The highest BCUT2D eigenvalue weighted by Crippen LogP contribution is 2.41. The molecule has 0 aromatic heterocycles. The summed E-state index contributed by atoms with van der Waals surface area (Å²) in [4.78, 5) is 1.49. The quantitative estimate of drug-likeness (QED) is 0.549. The van der Waals surface area contributed by atoms with Crippen LogP contribution in [-0.2, 0) is 0 Å². The number of unbranched alkanes of at least 4 members (excludes halogenated alkanes) is 3. The SMILES string of the molecule is C=CCCCCCC(NC)C1CSc2ccccc21. The molecule has 2 rings (SSSR count). The van der Waals surface area contributed by atoms with Gasteiger partial charge in [-0.3, -0.25) is 0 Å². The third-order valence-corrected chi connectivity index (χ3v) is 5.23. The van der Waals surface area contributed by atoms with Crippen molar-refractivity contribution in [2.75, 3.05) is 12.8 Å². The molecule has 0 spiro atoms. The van der Waals surface area contributed by atoms with Gasteiger partial charge in [0.05, 0.1) is 0 Å². The van der Waals surface area contributed by atoms with Crippen molar-refractivity contribution in [1.82, 2.24) is 5.32 Å². The molecule has 2 heteroatoms. The van der Waals surface area contributed by atoms with Crippen LogP contribution in [0.1, 0.15) is 43.6 Å². The molecule has 2 unspecified atom stereocenters. The molecular weight excluding hydrogens is 250 g/mol. The summed E-state index contributed by atoms with van der Waals surface area (Å²) in [6, 6.07) is 9.52. The Labute approximate surface area is 121 Å². The molecule has 0 aliphatic carbocycles. The van der Waals surface area contributed by atoms with Gasteiger partial charge in [0, 0.05) is 22.6 Å². The molecule has 19 heavy (non-hydrogen) atoms. The number of allylic oxidation sites excluding steroid dienone is 1. The van der Waals surface area contributed by atoms with Crippen molar-refractivity contribution < 1.29 is 0 Å². The Balaban J connectivity index is 1.87. The van der Waals surface area contributed by atoms with Crippen LogP contribution in [0.25, 0.3) is 0 Å². The minimum absolute atomic E-state index is 0.625. The zero-order chi connectivity index (χ0) is 13.5. The van der Waals surface area contributed by atoms with Gasteiger partial charge in [0.2, 0.25) is 0 Å². The van der Waals surface area contributed by atoms with Crippen molar-refractivity contribution >= 4 is 11.8 Å². The van der Waals surface area contributed by atoms with Crippen LogP contribution in [0, 0.1) is 0 Å². The third-order valence-electron chi connectivity index (χ3n) is 4.02. The molecule has 1 aliphatic heterocycles. The molecule has 1 aromatic carbocycles. The summed E-state index contributed by atoms with van der Waals surface area (Å²) in [7, 11) is 2.11. The lowest BCUT2D eigenvalue weighted by Gasteiger charge is -2.23. The Morgan fingerprint density at radius 1 is 1.37 bits per heavy atom. The van der Waals surface area contributed by atoms with Crippen LogP contribution in [0.3, 0.4) is 0 Å². The van der Waals surface area contributed by atoms with E-state index in [2.05, 4.69) is 43.2 Å². The minimum atomic E-state index is 0.625. The number of thioether (sulfide) groups is 1. The molecule has 2 atom stereocenters. The third kappa shape index (κ3) is 3.87. The van der Waals surface area contributed by atoms with Gasteiger partial charge in [-0.1, -0.05) is 37.1 Å². The molecule has 0 saturated carbocycles. The van der Waals surface area contributed by atoms with Gasteiger partial charge in [-0.25, -0.2) is 0 Å². The molecule has 1 aliphatic rings.